The Labute approximate surface area is 154 Å². The Hall–Kier alpha value is -2.40. The maximum Gasteiger partial charge on any atom is 0.220 e. The van der Waals surface area contributed by atoms with Crippen LogP contribution in [0.1, 0.15) is 36.1 Å². The molecule has 26 heavy (non-hydrogen) atoms. The number of methoxy groups -OCH3 is 1. The van der Waals surface area contributed by atoms with Gasteiger partial charge in [0.15, 0.2) is 0 Å². The number of rotatable bonds is 4. The average Bonchev–Trinajstić information content (AvgIpc) is 3.00. The lowest BCUT2D eigenvalue weighted by Crippen LogP contribution is -2.45. The summed E-state index contributed by atoms with van der Waals surface area (Å²) in [5, 5.41) is 0. The molecule has 2 aromatic rings. The van der Waals surface area contributed by atoms with E-state index < -0.39 is 0 Å². The summed E-state index contributed by atoms with van der Waals surface area (Å²) in [6.07, 6.45) is 11.0. The van der Waals surface area contributed by atoms with Crippen molar-refractivity contribution in [1.82, 2.24) is 14.9 Å². The summed E-state index contributed by atoms with van der Waals surface area (Å²) in [5.41, 5.74) is 9.72. The number of hydrogen-bond acceptors (Lipinski definition) is 5. The van der Waals surface area contributed by atoms with Gasteiger partial charge in [-0.1, -0.05) is 24.3 Å². The van der Waals surface area contributed by atoms with E-state index in [1.807, 2.05) is 18.3 Å². The lowest BCUT2D eigenvalue weighted by atomic mass is 9.77. The summed E-state index contributed by atoms with van der Waals surface area (Å²) < 4.78 is 5.21. The number of nitrogens with zero attached hydrogens (tertiary/aromatic N) is 3. The molecular formula is C21H26N4O. The van der Waals surface area contributed by atoms with Crippen molar-refractivity contribution in [2.24, 2.45) is 0 Å². The molecule has 0 radical (unpaired) electrons. The van der Waals surface area contributed by atoms with Crippen LogP contribution in [0.2, 0.25) is 0 Å². The second-order valence-electron chi connectivity index (χ2n) is 7.40. The van der Waals surface area contributed by atoms with Crippen LogP contribution in [-0.4, -0.2) is 41.6 Å². The van der Waals surface area contributed by atoms with E-state index in [1.54, 1.807) is 7.11 Å². The van der Waals surface area contributed by atoms with Crippen molar-refractivity contribution in [2.75, 3.05) is 32.5 Å². The summed E-state index contributed by atoms with van der Waals surface area (Å²) >= 11 is 0. The zero-order chi connectivity index (χ0) is 18.0. The van der Waals surface area contributed by atoms with Crippen molar-refractivity contribution < 1.29 is 4.74 Å². The zero-order valence-electron chi connectivity index (χ0n) is 15.3. The predicted molar refractivity (Wildman–Crippen MR) is 104 cm³/mol. The lowest BCUT2D eigenvalue weighted by molar-refractivity contribution is 0.156. The number of nitrogen functional groups attached to an aromatic ring is 1. The molecule has 1 aromatic carbocycles. The molecule has 1 unspecified atom stereocenters. The molecule has 1 spiro atoms. The highest BCUT2D eigenvalue weighted by Gasteiger charge is 2.43. The van der Waals surface area contributed by atoms with Crippen LogP contribution in [0.15, 0.2) is 36.5 Å². The highest BCUT2D eigenvalue weighted by atomic mass is 16.5. The van der Waals surface area contributed by atoms with Crippen LogP contribution in [0.3, 0.4) is 0 Å². The second kappa shape index (κ2) is 7.08. The van der Waals surface area contributed by atoms with E-state index in [2.05, 4.69) is 39.2 Å². The molecule has 5 heteroatoms. The summed E-state index contributed by atoms with van der Waals surface area (Å²) in [6, 6.07) is 8.16. The summed E-state index contributed by atoms with van der Waals surface area (Å²) in [6.45, 7) is 3.16. The van der Waals surface area contributed by atoms with E-state index in [4.69, 9.17) is 10.5 Å². The van der Waals surface area contributed by atoms with Crippen molar-refractivity contribution in [1.29, 1.82) is 0 Å². The van der Waals surface area contributed by atoms with Crippen molar-refractivity contribution in [3.63, 3.8) is 0 Å². The van der Waals surface area contributed by atoms with Crippen molar-refractivity contribution >= 4 is 12.0 Å². The molecule has 1 aliphatic carbocycles. The third-order valence-corrected chi connectivity index (χ3v) is 5.70. The zero-order valence-corrected chi connectivity index (χ0v) is 15.3. The van der Waals surface area contributed by atoms with Crippen LogP contribution in [0.4, 0.5) is 5.95 Å². The number of anilines is 1. The maximum absolute atomic E-state index is 5.86. The van der Waals surface area contributed by atoms with Crippen LogP contribution < -0.4 is 10.5 Å². The van der Waals surface area contributed by atoms with Crippen LogP contribution in [0, 0.1) is 0 Å². The Morgan fingerprint density at radius 3 is 2.92 bits per heavy atom. The van der Waals surface area contributed by atoms with Crippen LogP contribution in [0.5, 0.6) is 5.75 Å². The number of fused-ring (bicyclic) bond motifs is 2. The molecule has 1 aliphatic heterocycles. The first-order valence-corrected chi connectivity index (χ1v) is 9.33. The molecule has 2 aliphatic rings. The van der Waals surface area contributed by atoms with Crippen molar-refractivity contribution in [3.8, 4) is 5.75 Å². The number of piperidine rings is 1. The first-order chi connectivity index (χ1) is 12.7. The second-order valence-corrected chi connectivity index (χ2v) is 7.40. The van der Waals surface area contributed by atoms with E-state index in [9.17, 15) is 0 Å². The Kier molecular flexibility index (Phi) is 4.64. The summed E-state index contributed by atoms with van der Waals surface area (Å²) in [5.74, 6) is 1.29. The molecule has 2 N–H and O–H groups in total. The molecule has 0 saturated carbocycles. The molecular weight excluding hydrogens is 324 g/mol. The minimum atomic E-state index is 0.165. The van der Waals surface area contributed by atoms with E-state index in [0.717, 1.165) is 31.8 Å². The number of ether oxygens (including phenoxy) is 1. The van der Waals surface area contributed by atoms with E-state index in [0.29, 0.717) is 5.95 Å². The van der Waals surface area contributed by atoms with Crippen LogP contribution >= 0.6 is 0 Å². The van der Waals surface area contributed by atoms with Crippen molar-refractivity contribution in [3.05, 3.63) is 53.4 Å². The molecule has 5 nitrogen and oxygen atoms in total. The third-order valence-electron chi connectivity index (χ3n) is 5.70. The number of aryl methyl sites for hydroxylation is 1. The Morgan fingerprint density at radius 1 is 1.27 bits per heavy atom. The van der Waals surface area contributed by atoms with Gasteiger partial charge in [-0.05, 0) is 55.5 Å². The molecule has 2 heterocycles. The van der Waals surface area contributed by atoms with E-state index in [1.165, 1.54) is 36.1 Å². The molecule has 1 aromatic heterocycles. The first kappa shape index (κ1) is 17.0. The Morgan fingerprint density at radius 2 is 2.12 bits per heavy atom. The van der Waals surface area contributed by atoms with Gasteiger partial charge in [0.2, 0.25) is 5.95 Å². The fourth-order valence-corrected chi connectivity index (χ4v) is 4.39. The van der Waals surface area contributed by atoms with Gasteiger partial charge in [-0.2, -0.15) is 0 Å². The maximum atomic E-state index is 5.86. The minimum absolute atomic E-state index is 0.165. The van der Waals surface area contributed by atoms with Gasteiger partial charge in [-0.15, -0.1) is 0 Å². The number of likely N-dealkylation sites (tertiary alicyclic amines) is 1. The van der Waals surface area contributed by atoms with Crippen LogP contribution in [0.25, 0.3) is 6.08 Å². The van der Waals surface area contributed by atoms with Gasteiger partial charge in [0.25, 0.3) is 0 Å². The molecule has 1 fully saturated rings. The molecule has 1 saturated heterocycles. The number of aromatic nitrogens is 2. The van der Waals surface area contributed by atoms with Gasteiger partial charge in [0, 0.05) is 24.7 Å². The number of benzene rings is 1. The smallest absolute Gasteiger partial charge is 0.220 e. The standard InChI is InChI=1S/C21H26N4O/c1-26-18-7-5-16(6-8-18)4-2-12-25-13-3-10-21(15-25)11-9-17-14-23-20(22)24-19(17)21/h2,4-8,14H,3,9-13,15H2,1H3,(H2,22,23,24). The first-order valence-electron chi connectivity index (χ1n) is 9.33. The molecule has 1 atom stereocenters. The fraction of sp³-hybridized carbons (Fsp3) is 0.429. The number of nitrogens with two attached hydrogens (primary N) is 1. The topological polar surface area (TPSA) is 64.3 Å². The fourth-order valence-electron chi connectivity index (χ4n) is 4.39. The van der Waals surface area contributed by atoms with Gasteiger partial charge in [0.05, 0.1) is 12.8 Å². The molecule has 0 amide bonds. The Balaban J connectivity index is 1.43. The largest absolute Gasteiger partial charge is 0.497 e. The monoisotopic (exact) mass is 350 g/mol. The predicted octanol–water partition coefficient (Wildman–Crippen LogP) is 3.06. The highest BCUT2D eigenvalue weighted by Crippen LogP contribution is 2.43. The number of hydrogen-bond donors (Lipinski definition) is 1. The molecule has 0 bridgehead atoms. The van der Waals surface area contributed by atoms with Gasteiger partial charge in [-0.25, -0.2) is 9.97 Å². The van der Waals surface area contributed by atoms with E-state index >= 15 is 0 Å². The molecule has 4 rings (SSSR count). The summed E-state index contributed by atoms with van der Waals surface area (Å²) in [4.78, 5) is 11.3. The van der Waals surface area contributed by atoms with Gasteiger partial charge >= 0.3 is 0 Å². The highest BCUT2D eigenvalue weighted by molar-refractivity contribution is 5.50. The minimum Gasteiger partial charge on any atom is -0.497 e. The van der Waals surface area contributed by atoms with Gasteiger partial charge < -0.3 is 10.5 Å². The summed E-state index contributed by atoms with van der Waals surface area (Å²) in [7, 11) is 1.69. The average molecular weight is 350 g/mol. The third kappa shape index (κ3) is 3.31. The lowest BCUT2D eigenvalue weighted by Gasteiger charge is -2.40. The normalized spacial score (nSPS) is 22.8. The van der Waals surface area contributed by atoms with Crippen molar-refractivity contribution in [2.45, 2.75) is 31.1 Å². The SMILES string of the molecule is COc1ccc(C=CCN2CCCC3(CCc4cnc(N)nc43)C2)cc1. The Bertz CT molecular complexity index is 798. The van der Waals surface area contributed by atoms with Gasteiger partial charge in [-0.3, -0.25) is 4.90 Å². The van der Waals surface area contributed by atoms with E-state index in [-0.39, 0.29) is 5.41 Å². The van der Waals surface area contributed by atoms with Gasteiger partial charge in [0.1, 0.15) is 5.75 Å². The van der Waals surface area contributed by atoms with Crippen LogP contribution in [-0.2, 0) is 11.8 Å². The quantitative estimate of drug-likeness (QED) is 0.918. The molecule has 136 valence electrons.